The van der Waals surface area contributed by atoms with Gasteiger partial charge in [-0.25, -0.2) is 17.9 Å². The van der Waals surface area contributed by atoms with Crippen molar-refractivity contribution in [2.75, 3.05) is 27.4 Å². The van der Waals surface area contributed by atoms with Gasteiger partial charge in [-0.15, -0.1) is 0 Å². The summed E-state index contributed by atoms with van der Waals surface area (Å²) >= 11 is 0. The standard InChI is InChI=1S/C19H24N2O6S/c1-13-10-17(14(2)21(13)8-9-26-4)18(22)12-27-19(23)15-6-5-7-16(11-15)28(24,25)20-3/h5-7,10-11,20H,8-9,12H2,1-4H3. The van der Waals surface area contributed by atoms with Gasteiger partial charge < -0.3 is 14.0 Å². The highest BCUT2D eigenvalue weighted by Gasteiger charge is 2.19. The van der Waals surface area contributed by atoms with Gasteiger partial charge in [0.15, 0.2) is 6.61 Å². The molecule has 152 valence electrons. The number of carbonyl (C=O) groups is 2. The molecule has 2 aromatic rings. The van der Waals surface area contributed by atoms with E-state index in [-0.39, 0.29) is 16.2 Å². The zero-order chi connectivity index (χ0) is 20.9. The van der Waals surface area contributed by atoms with E-state index < -0.39 is 22.6 Å². The van der Waals surface area contributed by atoms with Crippen molar-refractivity contribution in [3.8, 4) is 0 Å². The van der Waals surface area contributed by atoms with E-state index in [0.717, 1.165) is 11.4 Å². The summed E-state index contributed by atoms with van der Waals surface area (Å²) in [5.41, 5.74) is 2.22. The molecule has 28 heavy (non-hydrogen) atoms. The van der Waals surface area contributed by atoms with E-state index in [0.29, 0.717) is 18.7 Å². The van der Waals surface area contributed by atoms with Crippen molar-refractivity contribution in [1.82, 2.24) is 9.29 Å². The highest BCUT2D eigenvalue weighted by molar-refractivity contribution is 7.89. The lowest BCUT2D eigenvalue weighted by atomic mass is 10.1. The monoisotopic (exact) mass is 408 g/mol. The van der Waals surface area contributed by atoms with Gasteiger partial charge in [0.05, 0.1) is 17.1 Å². The molecule has 0 radical (unpaired) electrons. The van der Waals surface area contributed by atoms with Crippen LogP contribution in [-0.2, 0) is 26.0 Å². The Labute approximate surface area is 164 Å². The molecule has 1 aromatic carbocycles. The van der Waals surface area contributed by atoms with Crippen LogP contribution in [0.2, 0.25) is 0 Å². The molecule has 0 aliphatic carbocycles. The minimum atomic E-state index is -3.68. The molecule has 0 bridgehead atoms. The second kappa shape index (κ2) is 9.13. The first-order valence-electron chi connectivity index (χ1n) is 8.61. The fraction of sp³-hybridized carbons (Fsp3) is 0.368. The highest BCUT2D eigenvalue weighted by Crippen LogP contribution is 2.17. The van der Waals surface area contributed by atoms with Crippen molar-refractivity contribution in [2.45, 2.75) is 25.3 Å². The van der Waals surface area contributed by atoms with Crippen molar-refractivity contribution in [2.24, 2.45) is 0 Å². The summed E-state index contributed by atoms with van der Waals surface area (Å²) in [5, 5.41) is 0. The fourth-order valence-electron chi connectivity index (χ4n) is 2.81. The van der Waals surface area contributed by atoms with Crippen LogP contribution in [0.25, 0.3) is 0 Å². The van der Waals surface area contributed by atoms with Crippen LogP contribution in [0, 0.1) is 13.8 Å². The minimum Gasteiger partial charge on any atom is -0.454 e. The van der Waals surface area contributed by atoms with Crippen molar-refractivity contribution >= 4 is 21.8 Å². The van der Waals surface area contributed by atoms with Crippen LogP contribution in [0.4, 0.5) is 0 Å². The maximum absolute atomic E-state index is 12.5. The average Bonchev–Trinajstić information content (AvgIpc) is 2.98. The van der Waals surface area contributed by atoms with Crippen LogP contribution >= 0.6 is 0 Å². The summed E-state index contributed by atoms with van der Waals surface area (Å²) in [6, 6.07) is 7.18. The predicted molar refractivity (Wildman–Crippen MR) is 103 cm³/mol. The molecule has 8 nitrogen and oxygen atoms in total. The van der Waals surface area contributed by atoms with E-state index >= 15 is 0 Å². The lowest BCUT2D eigenvalue weighted by Crippen LogP contribution is -2.19. The van der Waals surface area contributed by atoms with Crippen LogP contribution < -0.4 is 4.72 Å². The first kappa shape index (κ1) is 21.8. The molecule has 1 heterocycles. The van der Waals surface area contributed by atoms with Gasteiger partial charge in [-0.3, -0.25) is 4.79 Å². The summed E-state index contributed by atoms with van der Waals surface area (Å²) in [6.07, 6.45) is 0. The van der Waals surface area contributed by atoms with Gasteiger partial charge in [0.1, 0.15) is 0 Å². The molecule has 0 unspecified atom stereocenters. The molecule has 0 aliphatic heterocycles. The SMILES string of the molecule is CNS(=O)(=O)c1cccc(C(=O)OCC(=O)c2cc(C)n(CCOC)c2C)c1. The van der Waals surface area contributed by atoms with E-state index in [2.05, 4.69) is 4.72 Å². The zero-order valence-electron chi connectivity index (χ0n) is 16.3. The number of aryl methyl sites for hydroxylation is 1. The van der Waals surface area contributed by atoms with Crippen LogP contribution in [0.1, 0.15) is 32.1 Å². The first-order valence-corrected chi connectivity index (χ1v) is 10.1. The molecule has 0 saturated carbocycles. The number of nitrogens with zero attached hydrogens (tertiary/aromatic N) is 1. The van der Waals surface area contributed by atoms with Gasteiger partial charge in [0.25, 0.3) is 0 Å². The molecule has 1 aromatic heterocycles. The van der Waals surface area contributed by atoms with E-state index in [1.807, 2.05) is 18.4 Å². The number of ether oxygens (including phenoxy) is 2. The summed E-state index contributed by atoms with van der Waals surface area (Å²) in [5.74, 6) is -1.10. The van der Waals surface area contributed by atoms with Gasteiger partial charge in [-0.05, 0) is 45.2 Å². The van der Waals surface area contributed by atoms with Crippen LogP contribution in [0.5, 0.6) is 0 Å². The van der Waals surface area contributed by atoms with Crippen molar-refractivity contribution in [3.63, 3.8) is 0 Å². The molecule has 0 aliphatic rings. The number of methoxy groups -OCH3 is 1. The number of rotatable bonds is 9. The van der Waals surface area contributed by atoms with Crippen LogP contribution in [-0.4, -0.2) is 52.1 Å². The molecule has 2 rings (SSSR count). The second-order valence-electron chi connectivity index (χ2n) is 6.16. The molecule has 0 fully saturated rings. The molecule has 0 amide bonds. The van der Waals surface area contributed by atoms with Crippen molar-refractivity contribution in [3.05, 3.63) is 52.8 Å². The highest BCUT2D eigenvalue weighted by atomic mass is 32.2. The summed E-state index contributed by atoms with van der Waals surface area (Å²) in [7, 11) is -0.794. The van der Waals surface area contributed by atoms with E-state index in [9.17, 15) is 18.0 Å². The van der Waals surface area contributed by atoms with Gasteiger partial charge in [-0.1, -0.05) is 6.07 Å². The summed E-state index contributed by atoms with van der Waals surface area (Å²) < 4.78 is 38.0. The van der Waals surface area contributed by atoms with Gasteiger partial charge >= 0.3 is 5.97 Å². The quantitative estimate of drug-likeness (QED) is 0.500. The topological polar surface area (TPSA) is 104 Å². The van der Waals surface area contributed by atoms with Crippen LogP contribution in [0.3, 0.4) is 0 Å². The molecular formula is C19H24N2O6S. The van der Waals surface area contributed by atoms with E-state index in [4.69, 9.17) is 9.47 Å². The molecule has 9 heteroatoms. The number of sulfonamides is 1. The average molecular weight is 408 g/mol. The Bertz CT molecular complexity index is 978. The number of hydrogen-bond acceptors (Lipinski definition) is 6. The third-order valence-electron chi connectivity index (χ3n) is 4.38. The summed E-state index contributed by atoms with van der Waals surface area (Å²) in [6.45, 7) is 4.41. The molecule has 1 N–H and O–H groups in total. The predicted octanol–water partition coefficient (Wildman–Crippen LogP) is 1.70. The smallest absolute Gasteiger partial charge is 0.338 e. The lowest BCUT2D eigenvalue weighted by Gasteiger charge is -2.09. The Morgan fingerprint density at radius 1 is 1.18 bits per heavy atom. The van der Waals surface area contributed by atoms with Crippen molar-refractivity contribution < 1.29 is 27.5 Å². The number of nitrogens with one attached hydrogen (secondary N) is 1. The molecular weight excluding hydrogens is 384 g/mol. The Morgan fingerprint density at radius 3 is 2.54 bits per heavy atom. The number of hydrogen-bond donors (Lipinski definition) is 1. The number of ketones is 1. The third-order valence-corrected chi connectivity index (χ3v) is 5.79. The Kier molecular flexibility index (Phi) is 7.11. The molecule has 0 saturated heterocycles. The second-order valence-corrected chi connectivity index (χ2v) is 8.05. The van der Waals surface area contributed by atoms with Gasteiger partial charge in [0.2, 0.25) is 15.8 Å². The molecule has 0 spiro atoms. The number of aromatic nitrogens is 1. The minimum absolute atomic E-state index is 0.0506. The zero-order valence-corrected chi connectivity index (χ0v) is 17.1. The number of Topliss-reactive ketones (excluding diaryl/α,β-unsaturated/α-hetero) is 1. The largest absolute Gasteiger partial charge is 0.454 e. The Hall–Kier alpha value is -2.49. The van der Waals surface area contributed by atoms with Crippen molar-refractivity contribution in [1.29, 1.82) is 0 Å². The lowest BCUT2D eigenvalue weighted by molar-refractivity contribution is 0.0474. The van der Waals surface area contributed by atoms with Gasteiger partial charge in [0, 0.05) is 30.6 Å². The van der Waals surface area contributed by atoms with E-state index in [1.165, 1.54) is 31.3 Å². The van der Waals surface area contributed by atoms with E-state index in [1.54, 1.807) is 13.2 Å². The normalized spacial score (nSPS) is 11.4. The maximum Gasteiger partial charge on any atom is 0.338 e. The number of carbonyl (C=O) groups excluding carboxylic acids is 2. The first-order chi connectivity index (χ1) is 13.2. The molecule has 0 atom stereocenters. The fourth-order valence-corrected chi connectivity index (χ4v) is 3.59. The number of benzene rings is 1. The Morgan fingerprint density at radius 2 is 1.89 bits per heavy atom. The summed E-state index contributed by atoms with van der Waals surface area (Å²) in [4.78, 5) is 24.7. The third kappa shape index (κ3) is 4.86. The van der Waals surface area contributed by atoms with Crippen LogP contribution in [0.15, 0.2) is 35.2 Å². The van der Waals surface area contributed by atoms with Gasteiger partial charge in [-0.2, -0.15) is 0 Å². The number of esters is 1. The Balaban J connectivity index is 2.09. The maximum atomic E-state index is 12.5.